The summed E-state index contributed by atoms with van der Waals surface area (Å²) in [5.74, 6) is -2.51. The number of carbonyl (C=O) groups is 2. The second kappa shape index (κ2) is 12.3. The number of rotatable bonds is 9. The molecule has 236 valence electrons. The van der Waals surface area contributed by atoms with E-state index in [-0.39, 0.29) is 0 Å². The number of alkyl halides is 3. The molecule has 4 aromatic rings. The number of piperazine rings is 1. The highest BCUT2D eigenvalue weighted by atomic mass is 19.4. The molecule has 0 bridgehead atoms. The van der Waals surface area contributed by atoms with Crippen LogP contribution in [0.15, 0.2) is 60.8 Å². The van der Waals surface area contributed by atoms with Crippen molar-refractivity contribution in [3.63, 3.8) is 0 Å². The Morgan fingerprint density at radius 1 is 0.978 bits per heavy atom. The molecular formula is C31H32F3N7O4. The van der Waals surface area contributed by atoms with Crippen molar-refractivity contribution < 1.29 is 32.2 Å². The topological polar surface area (TPSA) is 113 Å². The summed E-state index contributed by atoms with van der Waals surface area (Å²) in [6.45, 7) is 3.90. The molecule has 14 heteroatoms. The van der Waals surface area contributed by atoms with Gasteiger partial charge in [-0.2, -0.15) is 18.2 Å². The van der Waals surface area contributed by atoms with Crippen LogP contribution in [0.2, 0.25) is 0 Å². The number of likely N-dealkylation sites (N-methyl/N-ethyl adjacent to an activating group) is 1. The molecule has 1 saturated carbocycles. The van der Waals surface area contributed by atoms with Gasteiger partial charge in [0.15, 0.2) is 11.8 Å². The average molecular weight is 624 g/mol. The third kappa shape index (κ3) is 6.95. The zero-order valence-electron chi connectivity index (χ0n) is 24.7. The maximum absolute atomic E-state index is 12.7. The Balaban J connectivity index is 1.12. The lowest BCUT2D eigenvalue weighted by atomic mass is 10.1. The Morgan fingerprint density at radius 3 is 2.36 bits per heavy atom. The van der Waals surface area contributed by atoms with Gasteiger partial charge in [0.2, 0.25) is 5.95 Å². The molecule has 6 rings (SSSR count). The average Bonchev–Trinajstić information content (AvgIpc) is 3.78. The first-order chi connectivity index (χ1) is 21.6. The smallest absolute Gasteiger partial charge is 0.490 e. The molecule has 11 nitrogen and oxygen atoms in total. The summed E-state index contributed by atoms with van der Waals surface area (Å²) in [4.78, 5) is 33.2. The highest BCUT2D eigenvalue weighted by Gasteiger charge is 2.47. The molecule has 2 fully saturated rings. The summed E-state index contributed by atoms with van der Waals surface area (Å²) in [5.41, 5.74) is 4.44. The normalized spacial score (nSPS) is 16.3. The molecule has 1 unspecified atom stereocenters. The van der Waals surface area contributed by atoms with Gasteiger partial charge in [-0.1, -0.05) is 12.1 Å². The number of halogens is 3. The summed E-state index contributed by atoms with van der Waals surface area (Å²) in [6, 6.07) is 16.5. The zero-order valence-corrected chi connectivity index (χ0v) is 24.7. The van der Waals surface area contributed by atoms with E-state index in [2.05, 4.69) is 48.4 Å². The van der Waals surface area contributed by atoms with E-state index in [4.69, 9.17) is 4.74 Å². The van der Waals surface area contributed by atoms with Crippen molar-refractivity contribution in [2.75, 3.05) is 55.9 Å². The molecule has 2 aromatic heterocycles. The van der Waals surface area contributed by atoms with Crippen LogP contribution in [0.4, 0.5) is 36.2 Å². The number of anilines is 4. The molecule has 1 aliphatic carbocycles. The van der Waals surface area contributed by atoms with Crippen molar-refractivity contribution in [1.29, 1.82) is 0 Å². The van der Waals surface area contributed by atoms with Crippen LogP contribution in [-0.4, -0.2) is 84.0 Å². The summed E-state index contributed by atoms with van der Waals surface area (Å²) in [6.07, 6.45) is -3.82. The first-order valence-corrected chi connectivity index (χ1v) is 14.5. The lowest BCUT2D eigenvalue weighted by Crippen LogP contribution is -2.44. The predicted octanol–water partition coefficient (Wildman–Crippen LogP) is 4.72. The number of methoxy groups -OCH3 is 1. The number of nitrogens with zero attached hydrogens (tertiary/aromatic N) is 5. The van der Waals surface area contributed by atoms with Crippen LogP contribution in [0, 0.1) is 5.92 Å². The molecule has 1 aliphatic heterocycles. The number of ether oxygens (including phenoxy) is 2. The molecule has 1 atom stereocenters. The highest BCUT2D eigenvalue weighted by Crippen LogP contribution is 2.36. The van der Waals surface area contributed by atoms with E-state index in [0.717, 1.165) is 48.7 Å². The van der Waals surface area contributed by atoms with Gasteiger partial charge in [0.25, 0.3) is 5.91 Å². The first kappa shape index (κ1) is 30.2. The van der Waals surface area contributed by atoms with Crippen molar-refractivity contribution in [3.8, 4) is 16.9 Å². The number of carbonyl (C=O) groups excluding carboxylic acids is 2. The molecule has 1 amide bonds. The minimum Gasteiger partial charge on any atom is -0.494 e. The lowest BCUT2D eigenvalue weighted by molar-refractivity contribution is -0.205. The van der Waals surface area contributed by atoms with Gasteiger partial charge in [-0.05, 0) is 61.9 Å². The number of pyridine rings is 1. The summed E-state index contributed by atoms with van der Waals surface area (Å²) in [5, 5.41) is 10.4. The second-order valence-electron chi connectivity index (χ2n) is 11.2. The van der Waals surface area contributed by atoms with Gasteiger partial charge < -0.3 is 29.9 Å². The minimum atomic E-state index is -5.17. The first-order valence-electron chi connectivity index (χ1n) is 14.5. The third-order valence-electron chi connectivity index (χ3n) is 7.89. The highest BCUT2D eigenvalue weighted by molar-refractivity contribution is 5.96. The van der Waals surface area contributed by atoms with E-state index in [9.17, 15) is 22.8 Å². The third-order valence-corrected chi connectivity index (χ3v) is 7.89. The van der Waals surface area contributed by atoms with E-state index in [1.807, 2.05) is 30.5 Å². The maximum atomic E-state index is 12.7. The van der Waals surface area contributed by atoms with Crippen LogP contribution in [0.25, 0.3) is 16.8 Å². The number of aromatic nitrogens is 3. The Bertz CT molecular complexity index is 1700. The second-order valence-corrected chi connectivity index (χ2v) is 11.2. The van der Waals surface area contributed by atoms with Crippen molar-refractivity contribution in [3.05, 3.63) is 60.8 Å². The van der Waals surface area contributed by atoms with Gasteiger partial charge in [0.05, 0.1) is 12.8 Å². The maximum Gasteiger partial charge on any atom is 0.490 e. The van der Waals surface area contributed by atoms with E-state index in [1.165, 1.54) is 0 Å². The van der Waals surface area contributed by atoms with Crippen LogP contribution < -0.4 is 20.3 Å². The standard InChI is InChI=1S/C31H32F3N7O4/c1-39-13-15-40(16-14-39)23-10-11-24(25(17-23)44-2)36-30-37-26-12-7-21(18-41(26)38-30)19-5-8-22(9-6-19)35-28(42)27(20-3-4-20)45-29(43)31(32,33)34/h5-12,17-18,20,27H,3-4,13-16H2,1-2H3,(H,35,42)(H,36,38). The van der Waals surface area contributed by atoms with E-state index >= 15 is 0 Å². The van der Waals surface area contributed by atoms with Gasteiger partial charge in [-0.15, -0.1) is 5.10 Å². The molecule has 2 aromatic carbocycles. The van der Waals surface area contributed by atoms with Gasteiger partial charge in [0.1, 0.15) is 5.75 Å². The van der Waals surface area contributed by atoms with Crippen molar-refractivity contribution in [2.24, 2.45) is 5.92 Å². The molecular weight excluding hydrogens is 591 g/mol. The van der Waals surface area contributed by atoms with Crippen molar-refractivity contribution in [1.82, 2.24) is 19.5 Å². The number of nitrogens with one attached hydrogen (secondary N) is 2. The van der Waals surface area contributed by atoms with E-state index in [0.29, 0.717) is 35.9 Å². The van der Waals surface area contributed by atoms with E-state index in [1.54, 1.807) is 35.9 Å². The van der Waals surface area contributed by atoms with Crippen LogP contribution in [-0.2, 0) is 14.3 Å². The largest absolute Gasteiger partial charge is 0.494 e. The predicted molar refractivity (Wildman–Crippen MR) is 162 cm³/mol. The minimum absolute atomic E-state index is 0.360. The molecule has 3 heterocycles. The van der Waals surface area contributed by atoms with Gasteiger partial charge in [-0.25, -0.2) is 9.31 Å². The van der Waals surface area contributed by atoms with Gasteiger partial charge in [-0.3, -0.25) is 4.79 Å². The molecule has 0 spiro atoms. The summed E-state index contributed by atoms with van der Waals surface area (Å²) >= 11 is 0. The van der Waals surface area contributed by atoms with E-state index < -0.39 is 30.1 Å². The summed E-state index contributed by atoms with van der Waals surface area (Å²) < 4.78 is 49.8. The quantitative estimate of drug-likeness (QED) is 0.256. The fourth-order valence-electron chi connectivity index (χ4n) is 5.18. The fourth-order valence-corrected chi connectivity index (χ4v) is 5.18. The molecule has 0 radical (unpaired) electrons. The van der Waals surface area contributed by atoms with Crippen molar-refractivity contribution >= 4 is 40.5 Å². The van der Waals surface area contributed by atoms with Crippen molar-refractivity contribution in [2.45, 2.75) is 25.1 Å². The fraction of sp³-hybridized carbons (Fsp3) is 0.355. The van der Waals surface area contributed by atoms with Gasteiger partial charge >= 0.3 is 12.1 Å². The zero-order chi connectivity index (χ0) is 31.7. The Morgan fingerprint density at radius 2 is 1.69 bits per heavy atom. The molecule has 2 aliphatic rings. The number of amides is 1. The molecule has 45 heavy (non-hydrogen) atoms. The Labute approximate surface area is 256 Å². The Kier molecular flexibility index (Phi) is 8.23. The Hall–Kier alpha value is -4.85. The van der Waals surface area contributed by atoms with Crippen LogP contribution in [0.1, 0.15) is 12.8 Å². The SMILES string of the molecule is COc1cc(N2CCN(C)CC2)ccc1Nc1nc2ccc(-c3ccc(NC(=O)C(OC(=O)C(F)(F)F)C4CC4)cc3)cn2n1. The number of benzene rings is 2. The number of hydrogen-bond donors (Lipinski definition) is 2. The van der Waals surface area contributed by atoms with Crippen LogP contribution in [0.3, 0.4) is 0 Å². The number of fused-ring (bicyclic) bond motifs is 1. The summed E-state index contributed by atoms with van der Waals surface area (Å²) in [7, 11) is 3.75. The number of esters is 1. The van der Waals surface area contributed by atoms with Gasteiger partial charge in [0, 0.05) is 61.3 Å². The number of hydrogen-bond acceptors (Lipinski definition) is 9. The van der Waals surface area contributed by atoms with Crippen LogP contribution in [0.5, 0.6) is 5.75 Å². The monoisotopic (exact) mass is 623 g/mol. The molecule has 2 N–H and O–H groups in total. The van der Waals surface area contributed by atoms with Crippen LogP contribution >= 0.6 is 0 Å². The lowest BCUT2D eigenvalue weighted by Gasteiger charge is -2.34. The molecule has 1 saturated heterocycles.